The van der Waals surface area contributed by atoms with Crippen LogP contribution >= 0.6 is 11.3 Å². The molecule has 0 aliphatic heterocycles. The number of pyridine rings is 1. The minimum atomic E-state index is 0.0328. The van der Waals surface area contributed by atoms with Crippen LogP contribution in [0.5, 0.6) is 0 Å². The summed E-state index contributed by atoms with van der Waals surface area (Å²) >= 11 is 1.46. The molecule has 4 nitrogen and oxygen atoms in total. The summed E-state index contributed by atoms with van der Waals surface area (Å²) in [7, 11) is 0. The fraction of sp³-hybridized carbons (Fsp3) is 0.0909. The lowest BCUT2D eigenvalue weighted by molar-refractivity contribution is 0.285. The van der Waals surface area contributed by atoms with Gasteiger partial charge in [-0.25, -0.2) is 9.97 Å². The topological polar surface area (TPSA) is 50.4 Å². The van der Waals surface area contributed by atoms with Crippen molar-refractivity contribution in [1.29, 1.82) is 0 Å². The van der Waals surface area contributed by atoms with E-state index in [1.807, 2.05) is 35.0 Å². The molecule has 0 atom stereocenters. The van der Waals surface area contributed by atoms with E-state index in [0.29, 0.717) is 0 Å². The first-order chi connectivity index (χ1) is 7.86. The van der Waals surface area contributed by atoms with Gasteiger partial charge in [0.1, 0.15) is 16.3 Å². The van der Waals surface area contributed by atoms with Crippen molar-refractivity contribution >= 4 is 17.0 Å². The Kier molecular flexibility index (Phi) is 2.19. The fourth-order valence-corrected chi connectivity index (χ4v) is 2.26. The highest BCUT2D eigenvalue weighted by Gasteiger charge is 2.08. The van der Waals surface area contributed by atoms with Crippen molar-refractivity contribution in [2.24, 2.45) is 0 Å². The first kappa shape index (κ1) is 9.50. The third-order valence-corrected chi connectivity index (χ3v) is 3.30. The maximum atomic E-state index is 8.98. The first-order valence-corrected chi connectivity index (χ1v) is 5.68. The molecule has 0 unspecified atom stereocenters. The van der Waals surface area contributed by atoms with E-state index in [1.165, 1.54) is 11.3 Å². The van der Waals surface area contributed by atoms with Crippen LogP contribution in [0.4, 0.5) is 0 Å². The van der Waals surface area contributed by atoms with Gasteiger partial charge in [0.05, 0.1) is 11.5 Å². The minimum Gasteiger partial charge on any atom is -0.391 e. The summed E-state index contributed by atoms with van der Waals surface area (Å²) in [6.07, 6.45) is 5.58. The maximum Gasteiger partial charge on any atom is 0.143 e. The molecule has 0 aromatic carbocycles. The minimum absolute atomic E-state index is 0.0328. The lowest BCUT2D eigenvalue weighted by Crippen LogP contribution is -1.77. The molecule has 3 aromatic rings. The van der Waals surface area contributed by atoms with Crippen LogP contribution in [0.3, 0.4) is 0 Å². The van der Waals surface area contributed by atoms with Gasteiger partial charge in [0.2, 0.25) is 0 Å². The molecular formula is C11H9N3OS. The second kappa shape index (κ2) is 3.70. The average Bonchev–Trinajstić information content (AvgIpc) is 2.95. The molecule has 0 fully saturated rings. The van der Waals surface area contributed by atoms with Crippen molar-refractivity contribution in [2.75, 3.05) is 0 Å². The molecule has 0 spiro atoms. The molecule has 1 N–H and O–H groups in total. The molecule has 0 bridgehead atoms. The molecule has 16 heavy (non-hydrogen) atoms. The third-order valence-electron chi connectivity index (χ3n) is 2.29. The Morgan fingerprint density at radius 2 is 2.31 bits per heavy atom. The first-order valence-electron chi connectivity index (χ1n) is 4.86. The van der Waals surface area contributed by atoms with Gasteiger partial charge in [0, 0.05) is 18.6 Å². The van der Waals surface area contributed by atoms with Crippen molar-refractivity contribution < 1.29 is 5.11 Å². The number of hydrogen-bond donors (Lipinski definition) is 1. The predicted octanol–water partition coefficient (Wildman–Crippen LogP) is 1.95. The molecule has 0 saturated carbocycles. The average molecular weight is 231 g/mol. The highest BCUT2D eigenvalue weighted by Crippen LogP contribution is 2.24. The molecule has 0 aliphatic rings. The summed E-state index contributed by atoms with van der Waals surface area (Å²) in [5.74, 6) is 0. The van der Waals surface area contributed by atoms with E-state index in [-0.39, 0.29) is 6.61 Å². The standard InChI is InChI=1S/C11H9N3OS/c15-7-8-5-12-11(16-8)9-6-14-4-2-1-3-10(14)13-9/h1-6,15H,7H2. The highest BCUT2D eigenvalue weighted by atomic mass is 32.1. The summed E-state index contributed by atoms with van der Waals surface area (Å²) < 4.78 is 1.95. The van der Waals surface area contributed by atoms with Crippen LogP contribution in [0.25, 0.3) is 16.3 Å². The zero-order valence-corrected chi connectivity index (χ0v) is 9.18. The Morgan fingerprint density at radius 3 is 3.06 bits per heavy atom. The number of thiazole rings is 1. The Balaban J connectivity index is 2.11. The molecule has 0 saturated heterocycles. The summed E-state index contributed by atoms with van der Waals surface area (Å²) in [5.41, 5.74) is 1.74. The van der Waals surface area contributed by atoms with Gasteiger partial charge in [-0.2, -0.15) is 0 Å². The molecule has 5 heteroatoms. The predicted molar refractivity (Wildman–Crippen MR) is 62.2 cm³/mol. The van der Waals surface area contributed by atoms with E-state index in [9.17, 15) is 0 Å². The molecule has 3 aromatic heterocycles. The van der Waals surface area contributed by atoms with Crippen LogP contribution in [0.2, 0.25) is 0 Å². The van der Waals surface area contributed by atoms with Crippen LogP contribution in [0.1, 0.15) is 4.88 Å². The Morgan fingerprint density at radius 1 is 1.38 bits per heavy atom. The summed E-state index contributed by atoms with van der Waals surface area (Å²) in [4.78, 5) is 9.55. The van der Waals surface area contributed by atoms with Crippen LogP contribution < -0.4 is 0 Å². The lowest BCUT2D eigenvalue weighted by Gasteiger charge is -1.86. The van der Waals surface area contributed by atoms with Crippen LogP contribution in [0.15, 0.2) is 36.8 Å². The van der Waals surface area contributed by atoms with Gasteiger partial charge in [-0.3, -0.25) is 0 Å². The third kappa shape index (κ3) is 1.50. The number of rotatable bonds is 2. The number of fused-ring (bicyclic) bond motifs is 1. The van der Waals surface area contributed by atoms with E-state index in [2.05, 4.69) is 9.97 Å². The summed E-state index contributed by atoms with van der Waals surface area (Å²) in [6, 6.07) is 5.86. The van der Waals surface area contributed by atoms with Gasteiger partial charge in [-0.05, 0) is 12.1 Å². The van der Waals surface area contributed by atoms with Gasteiger partial charge in [0.15, 0.2) is 0 Å². The largest absolute Gasteiger partial charge is 0.391 e. The molecular weight excluding hydrogens is 222 g/mol. The lowest BCUT2D eigenvalue weighted by atomic mass is 10.5. The number of imidazole rings is 1. The number of hydrogen-bond acceptors (Lipinski definition) is 4. The zero-order chi connectivity index (χ0) is 11.0. The maximum absolute atomic E-state index is 8.98. The van der Waals surface area contributed by atoms with Crippen LogP contribution in [0, 0.1) is 0 Å². The molecule has 0 aliphatic carbocycles. The summed E-state index contributed by atoms with van der Waals surface area (Å²) in [6.45, 7) is 0.0328. The van der Waals surface area contributed by atoms with E-state index in [1.54, 1.807) is 6.20 Å². The molecule has 0 amide bonds. The Bertz CT molecular complexity index is 596. The van der Waals surface area contributed by atoms with Crippen molar-refractivity contribution in [1.82, 2.24) is 14.4 Å². The SMILES string of the molecule is OCc1cnc(-c2cn3ccccc3n2)s1. The van der Waals surface area contributed by atoms with E-state index >= 15 is 0 Å². The van der Waals surface area contributed by atoms with Crippen molar-refractivity contribution in [3.63, 3.8) is 0 Å². The van der Waals surface area contributed by atoms with Crippen molar-refractivity contribution in [3.05, 3.63) is 41.7 Å². The van der Waals surface area contributed by atoms with Gasteiger partial charge in [-0.1, -0.05) is 6.07 Å². The van der Waals surface area contributed by atoms with E-state index in [0.717, 1.165) is 21.2 Å². The quantitative estimate of drug-likeness (QED) is 0.733. The zero-order valence-electron chi connectivity index (χ0n) is 8.37. The molecule has 3 heterocycles. The van der Waals surface area contributed by atoms with E-state index < -0.39 is 0 Å². The second-order valence-corrected chi connectivity index (χ2v) is 4.50. The Hall–Kier alpha value is -1.72. The summed E-state index contributed by atoms with van der Waals surface area (Å²) in [5, 5.41) is 9.82. The molecule has 3 rings (SSSR count). The number of aliphatic hydroxyl groups excluding tert-OH is 1. The fourth-order valence-electron chi connectivity index (χ4n) is 1.54. The molecule has 0 radical (unpaired) electrons. The van der Waals surface area contributed by atoms with Crippen LogP contribution in [-0.2, 0) is 6.61 Å². The van der Waals surface area contributed by atoms with Crippen molar-refractivity contribution in [3.8, 4) is 10.7 Å². The van der Waals surface area contributed by atoms with E-state index in [4.69, 9.17) is 5.11 Å². The number of aromatic nitrogens is 3. The van der Waals surface area contributed by atoms with Gasteiger partial charge >= 0.3 is 0 Å². The van der Waals surface area contributed by atoms with Crippen LogP contribution in [-0.4, -0.2) is 19.5 Å². The smallest absolute Gasteiger partial charge is 0.143 e. The number of nitrogens with zero attached hydrogens (tertiary/aromatic N) is 3. The second-order valence-electron chi connectivity index (χ2n) is 3.38. The monoisotopic (exact) mass is 231 g/mol. The van der Waals surface area contributed by atoms with Gasteiger partial charge in [0.25, 0.3) is 0 Å². The van der Waals surface area contributed by atoms with Gasteiger partial charge < -0.3 is 9.51 Å². The number of aliphatic hydroxyl groups is 1. The normalized spacial score (nSPS) is 11.1. The van der Waals surface area contributed by atoms with Gasteiger partial charge in [-0.15, -0.1) is 11.3 Å². The van der Waals surface area contributed by atoms with Crippen molar-refractivity contribution in [2.45, 2.75) is 6.61 Å². The highest BCUT2D eigenvalue weighted by molar-refractivity contribution is 7.14. The Labute approximate surface area is 95.8 Å². The molecule has 80 valence electrons.